The molecule has 0 bridgehead atoms. The largest absolute Gasteiger partial charge is 0.497 e. The SMILES string of the molecule is COc1ccc(N2CCN(CCCCc3cc(C(N)=O)ccc3-c3ccccn3)CC2)c(OC)c1. The summed E-state index contributed by atoms with van der Waals surface area (Å²) in [5, 5.41) is 0. The standard InChI is InChI=1S/C28H34N4O3/c1-34-23-10-12-26(27(20-23)35-2)32-17-15-31(16-18-32)14-6-4-7-21-19-22(28(29)33)9-11-24(21)25-8-3-5-13-30-25/h3,5,8-13,19-20H,4,6-7,14-18H2,1-2H3,(H2,29,33). The number of hydrogen-bond acceptors (Lipinski definition) is 6. The van der Waals surface area contributed by atoms with Crippen molar-refractivity contribution in [2.24, 2.45) is 5.73 Å². The number of ether oxygens (including phenoxy) is 2. The van der Waals surface area contributed by atoms with Gasteiger partial charge in [0.15, 0.2) is 0 Å². The van der Waals surface area contributed by atoms with E-state index in [1.807, 2.05) is 42.5 Å². The number of anilines is 1. The number of carbonyl (C=O) groups is 1. The summed E-state index contributed by atoms with van der Waals surface area (Å²) >= 11 is 0. The fourth-order valence-corrected chi connectivity index (χ4v) is 4.64. The van der Waals surface area contributed by atoms with Crippen molar-refractivity contribution in [1.29, 1.82) is 0 Å². The molecule has 184 valence electrons. The van der Waals surface area contributed by atoms with E-state index < -0.39 is 5.91 Å². The molecule has 2 heterocycles. The zero-order valence-electron chi connectivity index (χ0n) is 20.6. The highest BCUT2D eigenvalue weighted by Gasteiger charge is 2.20. The minimum absolute atomic E-state index is 0.398. The van der Waals surface area contributed by atoms with Crippen LogP contribution in [0.5, 0.6) is 11.5 Å². The van der Waals surface area contributed by atoms with Crippen LogP contribution in [0.1, 0.15) is 28.8 Å². The van der Waals surface area contributed by atoms with Gasteiger partial charge >= 0.3 is 0 Å². The van der Waals surface area contributed by atoms with Crippen LogP contribution >= 0.6 is 0 Å². The maximum absolute atomic E-state index is 11.7. The lowest BCUT2D eigenvalue weighted by molar-refractivity contribution is 0.1000. The van der Waals surface area contributed by atoms with Crippen molar-refractivity contribution < 1.29 is 14.3 Å². The van der Waals surface area contributed by atoms with Gasteiger partial charge in [0.2, 0.25) is 5.91 Å². The smallest absolute Gasteiger partial charge is 0.248 e. The molecule has 3 aromatic rings. The van der Waals surface area contributed by atoms with E-state index >= 15 is 0 Å². The Labute approximate surface area is 207 Å². The lowest BCUT2D eigenvalue weighted by Crippen LogP contribution is -2.46. The van der Waals surface area contributed by atoms with E-state index in [2.05, 4.69) is 20.9 Å². The van der Waals surface area contributed by atoms with Crippen LogP contribution in [0.15, 0.2) is 60.8 Å². The van der Waals surface area contributed by atoms with Gasteiger partial charge < -0.3 is 20.1 Å². The van der Waals surface area contributed by atoms with E-state index in [1.165, 1.54) is 0 Å². The predicted molar refractivity (Wildman–Crippen MR) is 139 cm³/mol. The molecule has 2 aromatic carbocycles. The van der Waals surface area contributed by atoms with Crippen LogP contribution in [-0.2, 0) is 6.42 Å². The van der Waals surface area contributed by atoms with Crippen LogP contribution in [0.4, 0.5) is 5.69 Å². The van der Waals surface area contributed by atoms with Gasteiger partial charge in [0.1, 0.15) is 11.5 Å². The number of carbonyl (C=O) groups excluding carboxylic acids is 1. The number of aromatic nitrogens is 1. The average Bonchev–Trinajstić information content (AvgIpc) is 2.91. The van der Waals surface area contributed by atoms with E-state index in [1.54, 1.807) is 26.5 Å². The van der Waals surface area contributed by atoms with Crippen LogP contribution in [0.25, 0.3) is 11.3 Å². The van der Waals surface area contributed by atoms with Crippen LogP contribution in [0.2, 0.25) is 0 Å². The number of aryl methyl sites for hydroxylation is 1. The first-order valence-electron chi connectivity index (χ1n) is 12.1. The van der Waals surface area contributed by atoms with E-state index in [4.69, 9.17) is 15.2 Å². The monoisotopic (exact) mass is 474 g/mol. The molecule has 0 radical (unpaired) electrons. The summed E-state index contributed by atoms with van der Waals surface area (Å²) in [4.78, 5) is 21.1. The van der Waals surface area contributed by atoms with Crippen molar-refractivity contribution in [3.8, 4) is 22.8 Å². The van der Waals surface area contributed by atoms with Gasteiger partial charge in [-0.2, -0.15) is 0 Å². The molecule has 1 aromatic heterocycles. The number of nitrogens with two attached hydrogens (primary N) is 1. The number of benzene rings is 2. The molecule has 2 N–H and O–H groups in total. The molecule has 0 aliphatic carbocycles. The number of primary amides is 1. The highest BCUT2D eigenvalue weighted by Crippen LogP contribution is 2.33. The topological polar surface area (TPSA) is 80.9 Å². The van der Waals surface area contributed by atoms with E-state index in [0.717, 1.165) is 86.0 Å². The average molecular weight is 475 g/mol. The van der Waals surface area contributed by atoms with Crippen LogP contribution < -0.4 is 20.1 Å². The zero-order valence-corrected chi connectivity index (χ0v) is 20.6. The first-order chi connectivity index (χ1) is 17.1. The molecule has 4 rings (SSSR count). The fraction of sp³-hybridized carbons (Fsp3) is 0.357. The summed E-state index contributed by atoms with van der Waals surface area (Å²) < 4.78 is 10.9. The summed E-state index contributed by atoms with van der Waals surface area (Å²) in [6, 6.07) is 17.6. The second-order valence-corrected chi connectivity index (χ2v) is 8.77. The minimum Gasteiger partial charge on any atom is -0.497 e. The lowest BCUT2D eigenvalue weighted by Gasteiger charge is -2.36. The Kier molecular flexibility index (Phi) is 8.21. The van der Waals surface area contributed by atoms with Gasteiger partial charge in [-0.3, -0.25) is 14.7 Å². The Bertz CT molecular complexity index is 1130. The van der Waals surface area contributed by atoms with Crippen molar-refractivity contribution in [2.75, 3.05) is 51.8 Å². The molecule has 0 unspecified atom stereocenters. The Morgan fingerprint density at radius 1 is 0.971 bits per heavy atom. The summed E-state index contributed by atoms with van der Waals surface area (Å²) in [7, 11) is 3.37. The minimum atomic E-state index is -0.398. The Balaban J connectivity index is 1.30. The van der Waals surface area contributed by atoms with E-state index in [-0.39, 0.29) is 0 Å². The van der Waals surface area contributed by atoms with Gasteiger partial charge in [-0.15, -0.1) is 0 Å². The van der Waals surface area contributed by atoms with Gasteiger partial charge in [0.05, 0.1) is 25.6 Å². The molecule has 1 fully saturated rings. The predicted octanol–water partition coefficient (Wildman–Crippen LogP) is 4.01. The molecule has 7 heteroatoms. The van der Waals surface area contributed by atoms with Gasteiger partial charge in [-0.1, -0.05) is 12.1 Å². The number of piperazine rings is 1. The van der Waals surface area contributed by atoms with Crippen LogP contribution in [-0.4, -0.2) is 62.7 Å². The first-order valence-corrected chi connectivity index (χ1v) is 12.1. The van der Waals surface area contributed by atoms with Crippen LogP contribution in [0.3, 0.4) is 0 Å². The second-order valence-electron chi connectivity index (χ2n) is 8.77. The van der Waals surface area contributed by atoms with Crippen molar-refractivity contribution in [1.82, 2.24) is 9.88 Å². The fourth-order valence-electron chi connectivity index (χ4n) is 4.64. The molecular formula is C28H34N4O3. The summed E-state index contributed by atoms with van der Waals surface area (Å²) in [5.74, 6) is 1.25. The number of pyridine rings is 1. The number of hydrogen-bond donors (Lipinski definition) is 1. The molecule has 7 nitrogen and oxygen atoms in total. The van der Waals surface area contributed by atoms with Crippen molar-refractivity contribution in [3.05, 3.63) is 71.9 Å². The van der Waals surface area contributed by atoms with Crippen molar-refractivity contribution >= 4 is 11.6 Å². The number of amides is 1. The number of methoxy groups -OCH3 is 2. The zero-order chi connectivity index (χ0) is 24.6. The van der Waals surface area contributed by atoms with E-state index in [9.17, 15) is 4.79 Å². The molecule has 0 spiro atoms. The molecule has 1 amide bonds. The second kappa shape index (κ2) is 11.7. The number of unbranched alkanes of at least 4 members (excludes halogenated alkanes) is 1. The Morgan fingerprint density at radius 2 is 1.80 bits per heavy atom. The Morgan fingerprint density at radius 3 is 2.49 bits per heavy atom. The summed E-state index contributed by atoms with van der Waals surface area (Å²) in [6.07, 6.45) is 4.81. The van der Waals surface area contributed by atoms with Gasteiger partial charge in [0.25, 0.3) is 0 Å². The maximum atomic E-state index is 11.7. The number of nitrogens with zero attached hydrogens (tertiary/aromatic N) is 3. The van der Waals surface area contributed by atoms with E-state index in [0.29, 0.717) is 5.56 Å². The third-order valence-electron chi connectivity index (χ3n) is 6.60. The quantitative estimate of drug-likeness (QED) is 0.447. The first kappa shape index (κ1) is 24.5. The van der Waals surface area contributed by atoms with Gasteiger partial charge in [0, 0.05) is 49.6 Å². The maximum Gasteiger partial charge on any atom is 0.248 e. The third-order valence-corrected chi connectivity index (χ3v) is 6.60. The normalized spacial score (nSPS) is 14.1. The molecule has 1 aliphatic heterocycles. The summed E-state index contributed by atoms with van der Waals surface area (Å²) in [5.41, 5.74) is 10.3. The van der Waals surface area contributed by atoms with Crippen molar-refractivity contribution in [2.45, 2.75) is 19.3 Å². The molecule has 0 atom stereocenters. The number of rotatable bonds is 10. The molecule has 35 heavy (non-hydrogen) atoms. The van der Waals surface area contributed by atoms with Gasteiger partial charge in [-0.25, -0.2) is 0 Å². The highest BCUT2D eigenvalue weighted by atomic mass is 16.5. The Hall–Kier alpha value is -3.58. The van der Waals surface area contributed by atoms with Crippen LogP contribution in [0, 0.1) is 0 Å². The van der Waals surface area contributed by atoms with Gasteiger partial charge in [-0.05, 0) is 67.8 Å². The molecule has 1 aliphatic rings. The lowest BCUT2D eigenvalue weighted by atomic mass is 9.96. The summed E-state index contributed by atoms with van der Waals surface area (Å²) in [6.45, 7) is 5.03. The van der Waals surface area contributed by atoms with Crippen molar-refractivity contribution in [3.63, 3.8) is 0 Å². The molecule has 0 saturated carbocycles. The molecular weight excluding hydrogens is 440 g/mol. The third kappa shape index (κ3) is 6.11. The highest BCUT2D eigenvalue weighted by molar-refractivity contribution is 5.93. The molecule has 1 saturated heterocycles.